The highest BCUT2D eigenvalue weighted by Crippen LogP contribution is 2.27. The molecule has 0 atom stereocenters. The predicted molar refractivity (Wildman–Crippen MR) is 95.6 cm³/mol. The summed E-state index contributed by atoms with van der Waals surface area (Å²) in [4.78, 5) is 0. The molecule has 9 heteroatoms. The van der Waals surface area contributed by atoms with Crippen LogP contribution < -0.4 is 4.72 Å². The van der Waals surface area contributed by atoms with E-state index in [1.54, 1.807) is 41.2 Å². The Hall–Kier alpha value is -1.35. The van der Waals surface area contributed by atoms with Gasteiger partial charge >= 0.3 is 0 Å². The minimum atomic E-state index is -3.61. The average molecular weight is 433 g/mol. The highest BCUT2D eigenvalue weighted by atomic mass is 79.9. The normalized spacial score (nSPS) is 11.6. The van der Waals surface area contributed by atoms with Gasteiger partial charge in [-0.2, -0.15) is 5.10 Å². The molecule has 120 valence electrons. The zero-order chi connectivity index (χ0) is 16.4. The van der Waals surface area contributed by atoms with Gasteiger partial charge in [-0.05, 0) is 45.8 Å². The van der Waals surface area contributed by atoms with Crippen LogP contribution in [-0.2, 0) is 16.6 Å². The Bertz CT molecular complexity index is 920. The van der Waals surface area contributed by atoms with Gasteiger partial charge in [-0.1, -0.05) is 23.7 Å². The number of hydrogen-bond donors (Lipinski definition) is 1. The highest BCUT2D eigenvalue weighted by Gasteiger charge is 2.17. The van der Waals surface area contributed by atoms with Crippen molar-refractivity contribution in [2.24, 2.45) is 0 Å². The van der Waals surface area contributed by atoms with Crippen LogP contribution in [0.3, 0.4) is 0 Å². The number of hydrogen-bond acceptors (Lipinski definition) is 4. The summed E-state index contributed by atoms with van der Waals surface area (Å²) in [6.07, 6.45) is 1.72. The molecule has 3 aromatic rings. The first-order valence-corrected chi connectivity index (χ1v) is 9.95. The lowest BCUT2D eigenvalue weighted by Gasteiger charge is -2.04. The molecule has 0 bridgehead atoms. The number of nitrogens with zero attached hydrogens (tertiary/aromatic N) is 2. The van der Waals surface area contributed by atoms with E-state index in [9.17, 15) is 8.42 Å². The first-order valence-electron chi connectivity index (χ1n) is 6.48. The number of nitrogens with one attached hydrogen (secondary N) is 1. The molecule has 1 aromatic carbocycles. The SMILES string of the molecule is O=S(=O)(Nc1ccn(Cc2ccc(Cl)cc2)n1)c1ccc(Br)s1. The number of anilines is 1. The molecular weight excluding hydrogens is 422 g/mol. The van der Waals surface area contributed by atoms with E-state index in [4.69, 9.17) is 11.6 Å². The Kier molecular flexibility index (Phi) is 4.77. The molecule has 0 radical (unpaired) electrons. The summed E-state index contributed by atoms with van der Waals surface area (Å²) < 4.78 is 29.6. The quantitative estimate of drug-likeness (QED) is 0.657. The summed E-state index contributed by atoms with van der Waals surface area (Å²) in [7, 11) is -3.61. The molecule has 0 saturated carbocycles. The van der Waals surface area contributed by atoms with E-state index in [1.807, 2.05) is 12.1 Å². The number of halogens is 2. The summed E-state index contributed by atoms with van der Waals surface area (Å²) in [5.41, 5.74) is 1.02. The highest BCUT2D eigenvalue weighted by molar-refractivity contribution is 9.11. The van der Waals surface area contributed by atoms with Crippen molar-refractivity contribution in [2.75, 3.05) is 4.72 Å². The fraction of sp³-hybridized carbons (Fsp3) is 0.0714. The number of aromatic nitrogens is 2. The van der Waals surface area contributed by atoms with Gasteiger partial charge in [0.05, 0.1) is 10.3 Å². The zero-order valence-corrected chi connectivity index (χ0v) is 15.6. The maximum Gasteiger partial charge on any atom is 0.272 e. The predicted octanol–water partition coefficient (Wildman–Crippen LogP) is 4.21. The first kappa shape index (κ1) is 16.5. The van der Waals surface area contributed by atoms with E-state index in [1.165, 1.54) is 0 Å². The van der Waals surface area contributed by atoms with Crippen LogP contribution in [-0.4, -0.2) is 18.2 Å². The number of benzene rings is 1. The monoisotopic (exact) mass is 431 g/mol. The van der Waals surface area contributed by atoms with Crippen LogP contribution in [0.25, 0.3) is 0 Å². The molecule has 5 nitrogen and oxygen atoms in total. The van der Waals surface area contributed by atoms with Crippen molar-refractivity contribution in [3.05, 3.63) is 63.0 Å². The lowest BCUT2D eigenvalue weighted by Crippen LogP contribution is -2.12. The van der Waals surface area contributed by atoms with Crippen molar-refractivity contribution >= 4 is 54.7 Å². The van der Waals surface area contributed by atoms with Crippen LogP contribution in [0.4, 0.5) is 5.82 Å². The van der Waals surface area contributed by atoms with Gasteiger partial charge in [0, 0.05) is 17.3 Å². The van der Waals surface area contributed by atoms with Gasteiger partial charge in [0.1, 0.15) is 4.21 Å². The van der Waals surface area contributed by atoms with E-state index in [-0.39, 0.29) is 10.0 Å². The van der Waals surface area contributed by atoms with E-state index in [0.717, 1.165) is 20.7 Å². The Morgan fingerprint density at radius 2 is 1.91 bits per heavy atom. The molecule has 2 aromatic heterocycles. The van der Waals surface area contributed by atoms with Crippen LogP contribution >= 0.6 is 38.9 Å². The minimum absolute atomic E-state index is 0.233. The summed E-state index contributed by atoms with van der Waals surface area (Å²) in [6.45, 7) is 0.531. The molecule has 0 aliphatic heterocycles. The standard InChI is InChI=1S/C14H11BrClN3O2S2/c15-12-5-6-14(22-12)23(20,21)18-13-7-8-19(17-13)9-10-1-3-11(16)4-2-10/h1-8H,9H2,(H,17,18). The molecular formula is C14H11BrClN3O2S2. The fourth-order valence-corrected chi connectivity index (χ4v) is 5.04. The maximum atomic E-state index is 12.2. The third-order valence-electron chi connectivity index (χ3n) is 2.95. The van der Waals surface area contributed by atoms with Gasteiger partial charge < -0.3 is 0 Å². The molecule has 0 amide bonds. The summed E-state index contributed by atoms with van der Waals surface area (Å²) in [6, 6.07) is 12.3. The Morgan fingerprint density at radius 3 is 2.57 bits per heavy atom. The van der Waals surface area contributed by atoms with E-state index < -0.39 is 10.0 Å². The average Bonchev–Trinajstić information content (AvgIpc) is 3.11. The topological polar surface area (TPSA) is 64.0 Å². The van der Waals surface area contributed by atoms with Crippen LogP contribution in [0.2, 0.25) is 5.02 Å². The maximum absolute atomic E-state index is 12.2. The van der Waals surface area contributed by atoms with Gasteiger partial charge in [-0.3, -0.25) is 9.40 Å². The van der Waals surface area contributed by atoms with E-state index >= 15 is 0 Å². The molecule has 0 aliphatic carbocycles. The summed E-state index contributed by atoms with van der Waals surface area (Å²) in [5.74, 6) is 0.281. The molecule has 23 heavy (non-hydrogen) atoms. The van der Waals surface area contributed by atoms with E-state index in [2.05, 4.69) is 25.8 Å². The molecule has 1 N–H and O–H groups in total. The van der Waals surface area contributed by atoms with Crippen molar-refractivity contribution in [3.8, 4) is 0 Å². The Labute approximate surface area is 151 Å². The van der Waals surface area contributed by atoms with Crippen molar-refractivity contribution in [2.45, 2.75) is 10.8 Å². The van der Waals surface area contributed by atoms with Crippen LogP contribution in [0, 0.1) is 0 Å². The lowest BCUT2D eigenvalue weighted by molar-refractivity contribution is 0.602. The van der Waals surface area contributed by atoms with Crippen LogP contribution in [0.1, 0.15) is 5.56 Å². The van der Waals surface area contributed by atoms with Crippen molar-refractivity contribution in [1.82, 2.24) is 9.78 Å². The molecule has 3 rings (SSSR count). The first-order chi connectivity index (χ1) is 10.9. The lowest BCUT2D eigenvalue weighted by atomic mass is 10.2. The molecule has 2 heterocycles. The summed E-state index contributed by atoms with van der Waals surface area (Å²) in [5, 5.41) is 4.90. The summed E-state index contributed by atoms with van der Waals surface area (Å²) >= 11 is 10.2. The van der Waals surface area contributed by atoms with Crippen LogP contribution in [0.5, 0.6) is 0 Å². The molecule has 0 aliphatic rings. The number of thiophene rings is 1. The van der Waals surface area contributed by atoms with Gasteiger partial charge in [0.25, 0.3) is 10.0 Å². The number of sulfonamides is 1. The molecule has 0 spiro atoms. The van der Waals surface area contributed by atoms with Crippen molar-refractivity contribution < 1.29 is 8.42 Å². The van der Waals surface area contributed by atoms with Gasteiger partial charge in [-0.25, -0.2) is 8.42 Å². The molecule has 0 saturated heterocycles. The van der Waals surface area contributed by atoms with Gasteiger partial charge in [-0.15, -0.1) is 11.3 Å². The Balaban J connectivity index is 1.73. The largest absolute Gasteiger partial charge is 0.272 e. The molecule has 0 unspecified atom stereocenters. The number of rotatable bonds is 5. The second kappa shape index (κ2) is 6.64. The second-order valence-corrected chi connectivity index (χ2v) is 9.50. The van der Waals surface area contributed by atoms with Crippen LogP contribution in [0.15, 0.2) is 56.7 Å². The van der Waals surface area contributed by atoms with Gasteiger partial charge in [0.2, 0.25) is 0 Å². The van der Waals surface area contributed by atoms with Gasteiger partial charge in [0.15, 0.2) is 5.82 Å². The van der Waals surface area contributed by atoms with Crippen molar-refractivity contribution in [3.63, 3.8) is 0 Å². The third-order valence-corrected chi connectivity index (χ3v) is 6.67. The fourth-order valence-electron chi connectivity index (χ4n) is 1.91. The third kappa shape index (κ3) is 4.14. The molecule has 0 fully saturated rings. The Morgan fingerprint density at radius 1 is 1.17 bits per heavy atom. The van der Waals surface area contributed by atoms with Crippen molar-refractivity contribution in [1.29, 1.82) is 0 Å². The van der Waals surface area contributed by atoms with E-state index in [0.29, 0.717) is 11.6 Å². The zero-order valence-electron chi connectivity index (χ0n) is 11.6. The minimum Gasteiger partial charge on any atom is -0.266 e. The second-order valence-electron chi connectivity index (χ2n) is 4.69. The smallest absolute Gasteiger partial charge is 0.266 e.